The largest absolute Gasteiger partial charge is 0.458 e. The Hall–Kier alpha value is -1.09. The molecule has 3 aliphatic rings. The lowest BCUT2D eigenvalue weighted by Crippen LogP contribution is -2.45. The fourth-order valence-corrected chi connectivity index (χ4v) is 3.93. The molecule has 0 spiro atoms. The van der Waals surface area contributed by atoms with Crippen LogP contribution in [0, 0.1) is 11.3 Å². The number of fused-ring (bicyclic) bond motifs is 2. The Morgan fingerprint density at radius 1 is 1.50 bits per heavy atom. The highest BCUT2D eigenvalue weighted by Crippen LogP contribution is 2.54. The number of carbonyl (C=O) groups excluding carboxylic acids is 1. The van der Waals surface area contributed by atoms with Gasteiger partial charge in [-0.25, -0.2) is 4.79 Å². The molecule has 0 radical (unpaired) electrons. The van der Waals surface area contributed by atoms with Crippen LogP contribution in [0.2, 0.25) is 0 Å². The Kier molecular flexibility index (Phi) is 2.46. The summed E-state index contributed by atoms with van der Waals surface area (Å²) in [5.74, 6) is -0.124. The molecular formula is C15H20O3. The number of ether oxygens (including phenoxy) is 1. The number of esters is 1. The van der Waals surface area contributed by atoms with Crippen LogP contribution >= 0.6 is 0 Å². The van der Waals surface area contributed by atoms with Gasteiger partial charge in [-0.1, -0.05) is 24.6 Å². The van der Waals surface area contributed by atoms with E-state index in [1.54, 1.807) is 0 Å². The van der Waals surface area contributed by atoms with Crippen LogP contribution in [0.5, 0.6) is 0 Å². The van der Waals surface area contributed by atoms with Crippen molar-refractivity contribution in [2.24, 2.45) is 11.3 Å². The minimum Gasteiger partial charge on any atom is -0.458 e. The second-order valence-corrected chi connectivity index (χ2v) is 6.21. The molecule has 18 heavy (non-hydrogen) atoms. The van der Waals surface area contributed by atoms with Crippen molar-refractivity contribution in [3.05, 3.63) is 23.3 Å². The molecule has 2 aliphatic carbocycles. The van der Waals surface area contributed by atoms with Gasteiger partial charge in [0, 0.05) is 16.9 Å². The molecule has 0 aromatic heterocycles. The van der Waals surface area contributed by atoms with Gasteiger partial charge in [0.1, 0.15) is 6.10 Å². The van der Waals surface area contributed by atoms with E-state index in [1.165, 1.54) is 11.1 Å². The summed E-state index contributed by atoms with van der Waals surface area (Å²) in [6.45, 7) is 8.13. The number of hydrogen-bond donors (Lipinski definition) is 1. The summed E-state index contributed by atoms with van der Waals surface area (Å²) in [4.78, 5) is 11.6. The van der Waals surface area contributed by atoms with Gasteiger partial charge < -0.3 is 9.84 Å². The quantitative estimate of drug-likeness (QED) is 0.406. The van der Waals surface area contributed by atoms with Crippen molar-refractivity contribution < 1.29 is 14.6 Å². The van der Waals surface area contributed by atoms with Gasteiger partial charge in [0.2, 0.25) is 0 Å². The van der Waals surface area contributed by atoms with Gasteiger partial charge in [-0.2, -0.15) is 0 Å². The average Bonchev–Trinajstić information content (AvgIpc) is 2.58. The van der Waals surface area contributed by atoms with Gasteiger partial charge in [-0.05, 0) is 32.6 Å². The molecule has 2 fully saturated rings. The summed E-state index contributed by atoms with van der Waals surface area (Å²) < 4.78 is 5.40. The van der Waals surface area contributed by atoms with E-state index in [4.69, 9.17) is 4.74 Å². The highest BCUT2D eigenvalue weighted by molar-refractivity contribution is 5.91. The van der Waals surface area contributed by atoms with Crippen LogP contribution in [0.25, 0.3) is 0 Å². The minimum atomic E-state index is -0.315. The monoisotopic (exact) mass is 248 g/mol. The van der Waals surface area contributed by atoms with E-state index in [9.17, 15) is 9.90 Å². The van der Waals surface area contributed by atoms with E-state index in [-0.39, 0.29) is 29.5 Å². The van der Waals surface area contributed by atoms with Crippen LogP contribution in [0.3, 0.4) is 0 Å². The third kappa shape index (κ3) is 1.43. The van der Waals surface area contributed by atoms with Crippen LogP contribution in [-0.2, 0) is 9.53 Å². The molecule has 98 valence electrons. The number of allylic oxidation sites excluding steroid dienone is 1. The third-order valence-electron chi connectivity index (χ3n) is 5.20. The van der Waals surface area contributed by atoms with Crippen molar-refractivity contribution in [3.63, 3.8) is 0 Å². The van der Waals surface area contributed by atoms with Crippen molar-refractivity contribution in [2.75, 3.05) is 0 Å². The van der Waals surface area contributed by atoms with Crippen molar-refractivity contribution in [2.45, 2.75) is 51.7 Å². The molecule has 1 heterocycles. The van der Waals surface area contributed by atoms with E-state index in [1.807, 2.05) is 0 Å². The van der Waals surface area contributed by atoms with Crippen molar-refractivity contribution in [1.29, 1.82) is 0 Å². The molecule has 0 bridgehead atoms. The highest BCUT2D eigenvalue weighted by Gasteiger charge is 2.52. The van der Waals surface area contributed by atoms with Gasteiger partial charge in [0.15, 0.2) is 0 Å². The lowest BCUT2D eigenvalue weighted by Gasteiger charge is -2.47. The van der Waals surface area contributed by atoms with Crippen LogP contribution in [0.1, 0.15) is 39.5 Å². The molecule has 0 amide bonds. The predicted octanol–water partition coefficient (Wildman–Crippen LogP) is 2.36. The lowest BCUT2D eigenvalue weighted by molar-refractivity contribution is -0.141. The van der Waals surface area contributed by atoms with Crippen molar-refractivity contribution >= 4 is 5.97 Å². The summed E-state index contributed by atoms with van der Waals surface area (Å²) in [5, 5.41) is 10.3. The smallest absolute Gasteiger partial charge is 0.334 e. The molecule has 1 saturated heterocycles. The van der Waals surface area contributed by atoms with Crippen LogP contribution in [0.15, 0.2) is 23.3 Å². The van der Waals surface area contributed by atoms with Crippen molar-refractivity contribution in [3.8, 4) is 0 Å². The molecule has 1 aliphatic heterocycles. The van der Waals surface area contributed by atoms with Crippen LogP contribution in [-0.4, -0.2) is 23.3 Å². The second kappa shape index (κ2) is 3.70. The first-order valence-electron chi connectivity index (χ1n) is 6.70. The summed E-state index contributed by atoms with van der Waals surface area (Å²) in [6, 6.07) is 0. The first-order valence-corrected chi connectivity index (χ1v) is 6.70. The predicted molar refractivity (Wildman–Crippen MR) is 67.8 cm³/mol. The molecule has 0 unspecified atom stereocenters. The van der Waals surface area contributed by atoms with Gasteiger partial charge in [0.05, 0.1) is 6.10 Å². The number of aliphatic hydroxyl groups excluding tert-OH is 1. The molecule has 3 nitrogen and oxygen atoms in total. The third-order valence-corrected chi connectivity index (χ3v) is 5.20. The fourth-order valence-electron chi connectivity index (χ4n) is 3.93. The Morgan fingerprint density at radius 2 is 2.22 bits per heavy atom. The van der Waals surface area contributed by atoms with Crippen molar-refractivity contribution in [1.82, 2.24) is 0 Å². The lowest BCUT2D eigenvalue weighted by atomic mass is 9.59. The maximum atomic E-state index is 11.6. The number of aliphatic hydroxyl groups is 1. The molecule has 1 saturated carbocycles. The zero-order valence-electron chi connectivity index (χ0n) is 11.0. The van der Waals surface area contributed by atoms with Crippen LogP contribution < -0.4 is 0 Å². The van der Waals surface area contributed by atoms with E-state index in [0.717, 1.165) is 25.7 Å². The maximum Gasteiger partial charge on any atom is 0.334 e. The first-order chi connectivity index (χ1) is 8.43. The van der Waals surface area contributed by atoms with Gasteiger partial charge >= 0.3 is 5.97 Å². The summed E-state index contributed by atoms with van der Waals surface area (Å²) >= 11 is 0. The van der Waals surface area contributed by atoms with Gasteiger partial charge in [-0.15, -0.1) is 0 Å². The molecule has 3 rings (SSSR count). The highest BCUT2D eigenvalue weighted by atomic mass is 16.6. The molecule has 1 N–H and O–H groups in total. The topological polar surface area (TPSA) is 46.5 Å². The maximum absolute atomic E-state index is 11.6. The average molecular weight is 248 g/mol. The van der Waals surface area contributed by atoms with Gasteiger partial charge in [-0.3, -0.25) is 0 Å². The summed E-state index contributed by atoms with van der Waals surface area (Å²) in [5.41, 5.74) is 3.12. The standard InChI is InChI=1S/C15H20O3/c1-8-4-5-13(16)15(3)7-12-10(6-11(8)15)9(2)14(17)18-12/h10,12-13,16H,2,4-7H2,1,3H3/t10-,12-,13+,15+/m1/s1. The van der Waals surface area contributed by atoms with E-state index in [2.05, 4.69) is 20.4 Å². The number of rotatable bonds is 0. The Labute approximate surface area is 108 Å². The number of carbonyl (C=O) groups is 1. The second-order valence-electron chi connectivity index (χ2n) is 6.21. The number of hydrogen-bond acceptors (Lipinski definition) is 3. The SMILES string of the molecule is C=C1C(=O)O[C@@H]2C[C@@]3(C)C(=C(C)CC[C@@H]3O)C[C@H]12. The Morgan fingerprint density at radius 3 is 2.94 bits per heavy atom. The molecule has 0 aromatic rings. The Balaban J connectivity index is 2.01. The van der Waals surface area contributed by atoms with E-state index < -0.39 is 0 Å². The van der Waals surface area contributed by atoms with Gasteiger partial charge in [0.25, 0.3) is 0 Å². The molecule has 0 aromatic carbocycles. The van der Waals surface area contributed by atoms with E-state index >= 15 is 0 Å². The molecule has 3 heteroatoms. The van der Waals surface area contributed by atoms with Crippen LogP contribution in [0.4, 0.5) is 0 Å². The Bertz CT molecular complexity index is 462. The van der Waals surface area contributed by atoms with E-state index in [0.29, 0.717) is 5.57 Å². The zero-order valence-corrected chi connectivity index (χ0v) is 11.0. The summed E-state index contributed by atoms with van der Waals surface area (Å²) in [7, 11) is 0. The minimum absolute atomic E-state index is 0.0840. The normalized spacial score (nSPS) is 43.6. The zero-order chi connectivity index (χ0) is 13.1. The first kappa shape index (κ1) is 12.0. The fraction of sp³-hybridized carbons (Fsp3) is 0.667. The molecular weight excluding hydrogens is 228 g/mol. The molecule has 4 atom stereocenters. The summed E-state index contributed by atoms with van der Waals surface area (Å²) in [6.07, 6.45) is 2.94.